The molecule has 55 heavy (non-hydrogen) atoms. The van der Waals surface area contributed by atoms with Gasteiger partial charge in [-0.25, -0.2) is 0 Å². The molecule has 0 fully saturated rings. The Morgan fingerprint density at radius 1 is 0.582 bits per heavy atom. The minimum absolute atomic E-state index is 0.000913. The van der Waals surface area contributed by atoms with E-state index in [0.717, 1.165) is 0 Å². The summed E-state index contributed by atoms with van der Waals surface area (Å²) in [5.74, 6) is -5.65. The second kappa shape index (κ2) is 32.6. The van der Waals surface area contributed by atoms with E-state index < -0.39 is 127 Å². The molecule has 326 valence electrons. The number of carbonyl (C=O) groups is 3. The van der Waals surface area contributed by atoms with E-state index in [1.54, 1.807) is 0 Å². The number of hydrogen-bond acceptors (Lipinski definition) is 23. The molecule has 0 aromatic heterocycles. The Morgan fingerprint density at radius 2 is 0.927 bits per heavy atom. The summed E-state index contributed by atoms with van der Waals surface area (Å²) < 4.78 is 50.7. The lowest BCUT2D eigenvalue weighted by Crippen LogP contribution is -2.45. The monoisotopic (exact) mass is 924 g/mol. The molecular weight excluding hydrogens is 874 g/mol. The maximum absolute atomic E-state index is 13.1. The maximum Gasteiger partial charge on any atom is 0.328 e. The summed E-state index contributed by atoms with van der Waals surface area (Å²) in [5.41, 5.74) is 0. The molecule has 4 unspecified atom stereocenters. The number of carboxylic acids is 1. The van der Waals surface area contributed by atoms with E-state index in [-0.39, 0.29) is 52.4 Å². The molecule has 0 saturated carbocycles. The SMILES string of the molecule is CC(C(=O)O)C(CC(=O)NCCN(CCN(COP(O)O)COP(O)O)CO[PH](=O)O)C(=O)NCCN(CCN(COP(O)O)COP(O)O)CO[PH](=O)O. The number of aliphatic carboxylic acids is 1. The number of hydrogen-bond donors (Lipinski definition) is 13. The zero-order valence-corrected chi connectivity index (χ0v) is 34.8. The quantitative estimate of drug-likeness (QED) is 0.0218. The summed E-state index contributed by atoms with van der Waals surface area (Å²) in [6, 6.07) is 0. The van der Waals surface area contributed by atoms with Crippen LogP contribution in [0.25, 0.3) is 0 Å². The van der Waals surface area contributed by atoms with Crippen LogP contribution in [0, 0.1) is 11.8 Å². The number of carboxylic acid groups (broad SMARTS) is 1. The van der Waals surface area contributed by atoms with Gasteiger partial charge in [0.25, 0.3) is 0 Å². The number of nitrogens with zero attached hydrogens (tertiary/aromatic N) is 4. The molecule has 0 aromatic carbocycles. The fraction of sp³-hybridized carbons (Fsp3) is 0.857. The van der Waals surface area contributed by atoms with E-state index in [2.05, 4.69) is 10.6 Å². The minimum Gasteiger partial charge on any atom is -0.481 e. The zero-order chi connectivity index (χ0) is 41.9. The standard InChI is InChI=1S/C21H50N6O22P6/c1-17(21(30)31)18(20(29)23-3-5-25(12-45-51(34)35)7-9-27(15-48-54(40)41)16-49-55(42)43)10-19(28)22-2-4-24(11-44-50(32)33)6-8-26(13-46-52(36)37)14-47-53(38)39/h17-18,36-43,50-51H,2-16H2,1H3,(H,22,28)(H,23,29)(H,30,31)(H,32,33)(H,34,35). The van der Waals surface area contributed by atoms with Crippen LogP contribution in [0.15, 0.2) is 0 Å². The molecule has 34 heteroatoms. The van der Waals surface area contributed by atoms with E-state index in [1.165, 1.54) is 26.5 Å². The summed E-state index contributed by atoms with van der Waals surface area (Å²) in [6.07, 6.45) is -0.579. The molecule has 0 aromatic rings. The van der Waals surface area contributed by atoms with E-state index >= 15 is 0 Å². The molecule has 0 spiro atoms. The van der Waals surface area contributed by atoms with Crippen LogP contribution >= 0.6 is 50.9 Å². The third-order valence-corrected chi connectivity index (χ3v) is 8.98. The first-order valence-corrected chi connectivity index (χ1v) is 22.6. The van der Waals surface area contributed by atoms with Gasteiger partial charge in [0.1, 0.15) is 40.4 Å². The van der Waals surface area contributed by atoms with Crippen LogP contribution in [0.2, 0.25) is 0 Å². The van der Waals surface area contributed by atoms with Crippen molar-refractivity contribution in [2.75, 3.05) is 92.7 Å². The van der Waals surface area contributed by atoms with Gasteiger partial charge >= 0.3 is 56.9 Å². The van der Waals surface area contributed by atoms with Crippen molar-refractivity contribution in [1.82, 2.24) is 30.2 Å². The third kappa shape index (κ3) is 31.4. The van der Waals surface area contributed by atoms with Crippen LogP contribution in [-0.4, -0.2) is 184 Å². The van der Waals surface area contributed by atoms with Crippen LogP contribution in [0.4, 0.5) is 0 Å². The predicted octanol–water partition coefficient (Wildman–Crippen LogP) is -3.39. The molecular formula is C21H50N6O22P6. The van der Waals surface area contributed by atoms with Gasteiger partial charge < -0.3 is 64.7 Å². The molecule has 0 bridgehead atoms. The molecule has 0 aliphatic carbocycles. The second-order valence-corrected chi connectivity index (χ2v) is 15.4. The van der Waals surface area contributed by atoms with Crippen LogP contribution in [0.5, 0.6) is 0 Å². The van der Waals surface area contributed by atoms with Crippen LogP contribution in [0.3, 0.4) is 0 Å². The fourth-order valence-corrected chi connectivity index (χ4v) is 5.62. The van der Waals surface area contributed by atoms with E-state index in [4.69, 9.17) is 76.1 Å². The molecule has 0 radical (unpaired) electrons. The lowest BCUT2D eigenvalue weighted by atomic mass is 9.89. The molecule has 13 N–H and O–H groups in total. The third-order valence-electron chi connectivity index (χ3n) is 6.84. The highest BCUT2D eigenvalue weighted by atomic mass is 31.2. The molecule has 0 saturated heterocycles. The first kappa shape index (κ1) is 54.8. The Balaban J connectivity index is 5.41. The van der Waals surface area contributed by atoms with Crippen LogP contribution < -0.4 is 10.6 Å². The highest BCUT2D eigenvalue weighted by Crippen LogP contribution is 2.28. The summed E-state index contributed by atoms with van der Waals surface area (Å²) >= 11 is 0. The molecule has 0 aliphatic rings. The molecule has 0 rings (SSSR count). The van der Waals surface area contributed by atoms with Crippen molar-refractivity contribution in [3.8, 4) is 0 Å². The topological polar surface area (TPSA) is 400 Å². The van der Waals surface area contributed by atoms with Gasteiger partial charge in [-0.15, -0.1) is 0 Å². The molecule has 0 heterocycles. The molecule has 28 nitrogen and oxygen atoms in total. The zero-order valence-electron chi connectivity index (χ0n) is 29.2. The van der Waals surface area contributed by atoms with Gasteiger partial charge in [0.2, 0.25) is 11.8 Å². The van der Waals surface area contributed by atoms with Crippen molar-refractivity contribution >= 4 is 68.7 Å². The minimum atomic E-state index is -3.39. The highest BCUT2D eigenvalue weighted by molar-refractivity contribution is 7.40. The summed E-state index contributed by atoms with van der Waals surface area (Å²) in [6.45, 7) is -1.61. The number of rotatable bonds is 35. The van der Waals surface area contributed by atoms with Crippen molar-refractivity contribution in [2.45, 2.75) is 13.3 Å². The predicted molar refractivity (Wildman–Crippen MR) is 191 cm³/mol. The molecule has 2 amide bonds. The Kier molecular flexibility index (Phi) is 32.5. The Morgan fingerprint density at radius 3 is 1.25 bits per heavy atom. The highest BCUT2D eigenvalue weighted by Gasteiger charge is 2.32. The first-order valence-electron chi connectivity index (χ1n) is 15.4. The normalized spacial score (nSPS) is 14.5. The van der Waals surface area contributed by atoms with Crippen molar-refractivity contribution < 1.29 is 105 Å². The van der Waals surface area contributed by atoms with Crippen molar-refractivity contribution in [3.63, 3.8) is 0 Å². The van der Waals surface area contributed by atoms with Crippen molar-refractivity contribution in [1.29, 1.82) is 0 Å². The number of amides is 2. The lowest BCUT2D eigenvalue weighted by molar-refractivity contribution is -0.147. The summed E-state index contributed by atoms with van der Waals surface area (Å²) in [7, 11) is -17.8. The van der Waals surface area contributed by atoms with Crippen LogP contribution in [0.1, 0.15) is 13.3 Å². The Bertz CT molecular complexity index is 1100. The van der Waals surface area contributed by atoms with Crippen LogP contribution in [-0.2, 0) is 50.7 Å². The number of nitrogens with one attached hydrogen (secondary N) is 2. The van der Waals surface area contributed by atoms with Gasteiger partial charge in [0.05, 0.1) is 11.8 Å². The molecule has 0 aliphatic heterocycles. The second-order valence-electron chi connectivity index (χ2n) is 10.7. The first-order chi connectivity index (χ1) is 25.8. The van der Waals surface area contributed by atoms with E-state index in [0.29, 0.717) is 0 Å². The number of carbonyl (C=O) groups excluding carboxylic acids is 2. The van der Waals surface area contributed by atoms with E-state index in [9.17, 15) is 28.6 Å². The van der Waals surface area contributed by atoms with Gasteiger partial charge in [0, 0.05) is 58.8 Å². The summed E-state index contributed by atoms with van der Waals surface area (Å²) in [5, 5.41) is 14.6. The average Bonchev–Trinajstić information content (AvgIpc) is 3.09. The van der Waals surface area contributed by atoms with Gasteiger partial charge in [0.15, 0.2) is 0 Å². The van der Waals surface area contributed by atoms with Gasteiger partial charge in [-0.3, -0.25) is 70.3 Å². The lowest BCUT2D eigenvalue weighted by Gasteiger charge is -2.27. The Labute approximate surface area is 321 Å². The fourth-order valence-electron chi connectivity index (χ4n) is 3.97. The van der Waals surface area contributed by atoms with Crippen molar-refractivity contribution in [2.24, 2.45) is 11.8 Å². The van der Waals surface area contributed by atoms with Gasteiger partial charge in [-0.05, 0) is 0 Å². The summed E-state index contributed by atoms with van der Waals surface area (Å²) in [4.78, 5) is 134. The van der Waals surface area contributed by atoms with Gasteiger partial charge in [-0.1, -0.05) is 6.92 Å². The Hall–Kier alpha value is -0.210. The average molecular weight is 924 g/mol. The van der Waals surface area contributed by atoms with Gasteiger partial charge in [-0.2, -0.15) is 0 Å². The maximum atomic E-state index is 13.1. The smallest absolute Gasteiger partial charge is 0.328 e. The largest absolute Gasteiger partial charge is 0.481 e. The van der Waals surface area contributed by atoms with E-state index in [1.807, 2.05) is 0 Å². The van der Waals surface area contributed by atoms with Crippen molar-refractivity contribution in [3.05, 3.63) is 0 Å². The molecule has 4 atom stereocenters.